The van der Waals surface area contributed by atoms with Gasteiger partial charge < -0.3 is 5.32 Å². The second kappa shape index (κ2) is 10.3. The van der Waals surface area contributed by atoms with Gasteiger partial charge in [0.15, 0.2) is 0 Å². The Morgan fingerprint density at radius 3 is 2.90 bits per heavy atom. The van der Waals surface area contributed by atoms with Crippen LogP contribution in [0.2, 0.25) is 0 Å². The number of amides is 1. The molecule has 3 rings (SSSR count). The summed E-state index contributed by atoms with van der Waals surface area (Å²) in [5.74, 6) is 0.834. The maximum absolute atomic E-state index is 12.6. The number of pyridine rings is 1. The smallest absolute Gasteiger partial charge is 0.238 e. The Bertz CT molecular complexity index is 985. The summed E-state index contributed by atoms with van der Waals surface area (Å²) in [5, 5.41) is 9.46. The molecule has 2 aromatic rings. The molecule has 0 spiro atoms. The van der Waals surface area contributed by atoms with Gasteiger partial charge in [0.05, 0.1) is 18.6 Å². The maximum atomic E-state index is 12.6. The van der Waals surface area contributed by atoms with E-state index in [-0.39, 0.29) is 5.91 Å². The van der Waals surface area contributed by atoms with Gasteiger partial charge in [-0.2, -0.15) is 5.10 Å². The number of carbonyl (C=O) groups excluding carboxylic acids is 1. The lowest BCUT2D eigenvalue weighted by molar-refractivity contribution is -0.122. The number of hydrogen-bond donors (Lipinski definition) is 1. The van der Waals surface area contributed by atoms with Crippen LogP contribution in [-0.4, -0.2) is 60.9 Å². The number of nitrogens with one attached hydrogen (secondary N) is 1. The van der Waals surface area contributed by atoms with E-state index in [2.05, 4.69) is 63.9 Å². The molecule has 1 N–H and O–H groups in total. The van der Waals surface area contributed by atoms with Crippen molar-refractivity contribution in [2.45, 2.75) is 32.7 Å². The second-order valence-corrected chi connectivity index (χ2v) is 8.40. The van der Waals surface area contributed by atoms with E-state index in [0.717, 1.165) is 36.3 Å². The summed E-state index contributed by atoms with van der Waals surface area (Å²) in [5.41, 5.74) is 4.12. The van der Waals surface area contributed by atoms with Crippen molar-refractivity contribution in [3.8, 4) is 0 Å². The first-order chi connectivity index (χ1) is 14.9. The van der Waals surface area contributed by atoms with Gasteiger partial charge in [-0.1, -0.05) is 25.1 Å². The average Bonchev–Trinajstić information content (AvgIpc) is 2.73. The van der Waals surface area contributed by atoms with Crippen LogP contribution in [0.5, 0.6) is 0 Å². The second-order valence-electron chi connectivity index (χ2n) is 8.40. The Labute approximate surface area is 184 Å². The molecule has 1 aromatic heterocycles. The number of aromatic nitrogens is 1. The third kappa shape index (κ3) is 5.76. The summed E-state index contributed by atoms with van der Waals surface area (Å²) < 4.78 is 0. The highest BCUT2D eigenvalue weighted by atomic mass is 16.2. The lowest BCUT2D eigenvalue weighted by Crippen LogP contribution is -2.44. The predicted octanol–water partition coefficient (Wildman–Crippen LogP) is 3.39. The van der Waals surface area contributed by atoms with Gasteiger partial charge in [0.25, 0.3) is 0 Å². The number of rotatable bonds is 8. The maximum Gasteiger partial charge on any atom is 0.238 e. The number of nitrogens with zero attached hydrogens (tertiary/aromatic N) is 5. The molecule has 0 saturated carbocycles. The third-order valence-corrected chi connectivity index (χ3v) is 5.65. The summed E-state index contributed by atoms with van der Waals surface area (Å²) in [6.45, 7) is 13.9. The Kier molecular flexibility index (Phi) is 7.52. The molecular formula is C24H32N6O. The zero-order valence-electron chi connectivity index (χ0n) is 18.7. The lowest BCUT2D eigenvalue weighted by atomic mass is 9.83. The number of likely N-dealkylation sites (tertiary alicyclic amines) is 1. The van der Waals surface area contributed by atoms with Crippen molar-refractivity contribution in [3.05, 3.63) is 53.5 Å². The molecule has 7 heteroatoms. The van der Waals surface area contributed by atoms with Gasteiger partial charge >= 0.3 is 0 Å². The van der Waals surface area contributed by atoms with Gasteiger partial charge in [-0.15, -0.1) is 0 Å². The monoisotopic (exact) mass is 420 g/mol. The van der Waals surface area contributed by atoms with Crippen LogP contribution in [-0.2, 0) is 11.3 Å². The van der Waals surface area contributed by atoms with Crippen molar-refractivity contribution in [1.82, 2.24) is 20.2 Å². The molecular weight excluding hydrogens is 388 g/mol. The quantitative estimate of drug-likeness (QED) is 0.525. The highest BCUT2D eigenvalue weighted by molar-refractivity contribution is 5.85. The summed E-state index contributed by atoms with van der Waals surface area (Å²) in [7, 11) is 1.77. The molecule has 0 bridgehead atoms. The Balaban J connectivity index is 1.76. The fourth-order valence-electron chi connectivity index (χ4n) is 4.49. The largest absolute Gasteiger partial charge is 0.327 e. The van der Waals surface area contributed by atoms with Crippen molar-refractivity contribution in [3.63, 3.8) is 0 Å². The molecule has 1 fully saturated rings. The van der Waals surface area contributed by atoms with Crippen molar-refractivity contribution in [2.75, 3.05) is 26.7 Å². The zero-order valence-corrected chi connectivity index (χ0v) is 18.7. The van der Waals surface area contributed by atoms with Crippen LogP contribution in [0.4, 0.5) is 0 Å². The van der Waals surface area contributed by atoms with E-state index in [1.807, 2.05) is 19.2 Å². The van der Waals surface area contributed by atoms with E-state index < -0.39 is 0 Å². The normalized spacial score (nSPS) is 19.8. The summed E-state index contributed by atoms with van der Waals surface area (Å²) >= 11 is 0. The summed E-state index contributed by atoms with van der Waals surface area (Å²) in [6.07, 6.45) is 4.66. The molecule has 1 aliphatic rings. The SMILES string of the molecule is C=NCc1ccc([C@H]2C[C@@H](C)CN(CC(=O)N/C(C)=C/N(C)N=C)C2)c2cccnc12. The van der Waals surface area contributed by atoms with Crippen molar-refractivity contribution < 1.29 is 4.79 Å². The Morgan fingerprint density at radius 1 is 1.35 bits per heavy atom. The topological polar surface area (TPSA) is 73.2 Å². The lowest BCUT2D eigenvalue weighted by Gasteiger charge is -2.36. The molecule has 1 saturated heterocycles. The molecule has 0 aliphatic carbocycles. The Hall–Kier alpha value is -3.06. The molecule has 31 heavy (non-hydrogen) atoms. The standard InChI is InChI=1S/C24H32N6O/c1-17-11-20(15-30(13-17)16-23(31)28-18(2)14-29(5)26-4)21-9-8-19(12-25-3)24-22(21)7-6-10-27-24/h6-10,14,17,20H,3-4,11-13,15-16H2,1-2,5H3,(H,28,31)/b18-14+/t17-,20+/m1/s1. The number of hydrogen-bond acceptors (Lipinski definition) is 6. The summed E-state index contributed by atoms with van der Waals surface area (Å²) in [4.78, 5) is 23.5. The molecule has 0 radical (unpaired) electrons. The number of benzene rings is 1. The van der Waals surface area contributed by atoms with E-state index in [9.17, 15) is 4.79 Å². The first-order valence-electron chi connectivity index (χ1n) is 10.6. The van der Waals surface area contributed by atoms with E-state index in [1.165, 1.54) is 10.9 Å². The van der Waals surface area contributed by atoms with Crippen molar-refractivity contribution >= 4 is 30.2 Å². The highest BCUT2D eigenvalue weighted by Gasteiger charge is 2.28. The molecule has 2 heterocycles. The summed E-state index contributed by atoms with van der Waals surface area (Å²) in [6, 6.07) is 8.45. The highest BCUT2D eigenvalue weighted by Crippen LogP contribution is 2.35. The number of piperidine rings is 1. The fraction of sp³-hybridized carbons (Fsp3) is 0.417. The van der Waals surface area contributed by atoms with Crippen LogP contribution in [0.3, 0.4) is 0 Å². The molecule has 2 atom stereocenters. The first kappa shape index (κ1) is 22.6. The third-order valence-electron chi connectivity index (χ3n) is 5.65. The van der Waals surface area contributed by atoms with E-state index in [4.69, 9.17) is 0 Å². The van der Waals surface area contributed by atoms with E-state index >= 15 is 0 Å². The molecule has 0 unspecified atom stereocenters. The van der Waals surface area contributed by atoms with Gasteiger partial charge in [-0.25, -0.2) is 0 Å². The number of allylic oxidation sites excluding steroid dienone is 1. The van der Waals surface area contributed by atoms with Crippen LogP contribution in [0.25, 0.3) is 10.9 Å². The number of fused-ring (bicyclic) bond motifs is 1. The van der Waals surface area contributed by atoms with Gasteiger partial charge in [-0.3, -0.25) is 24.7 Å². The average molecular weight is 421 g/mol. The van der Waals surface area contributed by atoms with Gasteiger partial charge in [0.1, 0.15) is 0 Å². The number of hydrazone groups is 1. The van der Waals surface area contributed by atoms with Gasteiger partial charge in [0, 0.05) is 50.3 Å². The molecule has 1 amide bonds. The van der Waals surface area contributed by atoms with Crippen LogP contribution in [0, 0.1) is 5.92 Å². The molecule has 1 aromatic carbocycles. The Morgan fingerprint density at radius 2 is 2.16 bits per heavy atom. The first-order valence-corrected chi connectivity index (χ1v) is 10.6. The minimum Gasteiger partial charge on any atom is -0.327 e. The van der Waals surface area contributed by atoms with E-state index in [0.29, 0.717) is 24.9 Å². The van der Waals surface area contributed by atoms with E-state index in [1.54, 1.807) is 18.3 Å². The predicted molar refractivity (Wildman–Crippen MR) is 127 cm³/mol. The minimum absolute atomic E-state index is 0.0157. The minimum atomic E-state index is -0.0157. The van der Waals surface area contributed by atoms with Gasteiger partial charge in [0.2, 0.25) is 5.91 Å². The number of carbonyl (C=O) groups is 1. The van der Waals surface area contributed by atoms with Crippen LogP contribution in [0.15, 0.2) is 52.5 Å². The van der Waals surface area contributed by atoms with Crippen LogP contribution >= 0.6 is 0 Å². The molecule has 1 aliphatic heterocycles. The molecule has 7 nitrogen and oxygen atoms in total. The van der Waals surface area contributed by atoms with Gasteiger partial charge in [-0.05, 0) is 49.1 Å². The molecule has 164 valence electrons. The zero-order chi connectivity index (χ0) is 22.4. The van der Waals surface area contributed by atoms with Crippen molar-refractivity contribution in [2.24, 2.45) is 16.0 Å². The van der Waals surface area contributed by atoms with Crippen LogP contribution < -0.4 is 5.32 Å². The fourth-order valence-corrected chi connectivity index (χ4v) is 4.49. The van der Waals surface area contributed by atoms with Crippen molar-refractivity contribution in [1.29, 1.82) is 0 Å². The van der Waals surface area contributed by atoms with Crippen LogP contribution in [0.1, 0.15) is 37.3 Å². The number of aliphatic imine (C=N–C) groups is 1.